The van der Waals surface area contributed by atoms with E-state index < -0.39 is 0 Å². The first-order valence-corrected chi connectivity index (χ1v) is 9.70. The van der Waals surface area contributed by atoms with Gasteiger partial charge in [0.05, 0.1) is 34.9 Å². The van der Waals surface area contributed by atoms with Crippen LogP contribution in [0.3, 0.4) is 0 Å². The minimum Gasteiger partial charge on any atom is -0.488 e. The number of aliphatic hydroxyl groups is 1. The Bertz CT molecular complexity index is 1180. The molecule has 0 fully saturated rings. The number of benzene rings is 2. The van der Waals surface area contributed by atoms with Crippen LogP contribution in [-0.4, -0.2) is 39.3 Å². The predicted molar refractivity (Wildman–Crippen MR) is 114 cm³/mol. The van der Waals surface area contributed by atoms with Gasteiger partial charge >= 0.3 is 0 Å². The number of ether oxygens (including phenoxy) is 1. The van der Waals surface area contributed by atoms with Crippen molar-refractivity contribution in [1.29, 1.82) is 0 Å². The molecule has 5 rings (SSSR count). The summed E-state index contributed by atoms with van der Waals surface area (Å²) in [5, 5.41) is 9.95. The van der Waals surface area contributed by atoms with Gasteiger partial charge in [-0.3, -0.25) is 0 Å². The lowest BCUT2D eigenvalue weighted by Crippen LogP contribution is -2.43. The summed E-state index contributed by atoms with van der Waals surface area (Å²) in [5.41, 5.74) is 5.95. The summed E-state index contributed by atoms with van der Waals surface area (Å²) in [6, 6.07) is 15.9. The summed E-state index contributed by atoms with van der Waals surface area (Å²) in [7, 11) is 0. The molecule has 2 aromatic carbocycles. The van der Waals surface area contributed by atoms with E-state index in [4.69, 9.17) is 9.72 Å². The third-order valence-electron chi connectivity index (χ3n) is 5.36. The monoisotopic (exact) mass is 386 g/mol. The van der Waals surface area contributed by atoms with Crippen LogP contribution in [0.15, 0.2) is 54.7 Å². The molecule has 1 aliphatic heterocycles. The third kappa shape index (κ3) is 2.93. The maximum absolute atomic E-state index is 9.95. The molecule has 1 atom stereocenters. The van der Waals surface area contributed by atoms with E-state index in [-0.39, 0.29) is 12.6 Å². The Morgan fingerprint density at radius 3 is 2.76 bits per heavy atom. The van der Waals surface area contributed by atoms with Crippen molar-refractivity contribution in [3.05, 3.63) is 65.9 Å². The number of aliphatic hydroxyl groups excluding tert-OH is 1. The van der Waals surface area contributed by atoms with Crippen LogP contribution in [0.1, 0.15) is 11.1 Å². The van der Waals surface area contributed by atoms with Crippen LogP contribution < -0.4 is 9.64 Å². The molecule has 3 heterocycles. The normalized spacial score (nSPS) is 16.0. The van der Waals surface area contributed by atoms with E-state index >= 15 is 0 Å². The van der Waals surface area contributed by atoms with Gasteiger partial charge in [0.15, 0.2) is 5.75 Å². The molecule has 0 bridgehead atoms. The minimum atomic E-state index is -0.203. The van der Waals surface area contributed by atoms with E-state index in [1.807, 2.05) is 55.6 Å². The number of pyridine rings is 1. The molecule has 0 radical (unpaired) electrons. The second kappa shape index (κ2) is 6.90. The number of nitrogens with zero attached hydrogens (tertiary/aromatic N) is 3. The number of nitrogens with one attached hydrogen (secondary N) is 1. The summed E-state index contributed by atoms with van der Waals surface area (Å²) >= 11 is 0. The van der Waals surface area contributed by atoms with Crippen LogP contribution in [0.25, 0.3) is 22.4 Å². The van der Waals surface area contributed by atoms with Crippen LogP contribution in [0.5, 0.6) is 5.75 Å². The van der Waals surface area contributed by atoms with Crippen LogP contribution >= 0.6 is 0 Å². The summed E-state index contributed by atoms with van der Waals surface area (Å²) < 4.78 is 6.12. The van der Waals surface area contributed by atoms with Crippen LogP contribution in [0.4, 0.5) is 11.5 Å². The first-order chi connectivity index (χ1) is 14.2. The van der Waals surface area contributed by atoms with E-state index in [9.17, 15) is 5.11 Å². The van der Waals surface area contributed by atoms with Crippen molar-refractivity contribution in [3.8, 4) is 17.1 Å². The highest BCUT2D eigenvalue weighted by atomic mass is 16.5. The Morgan fingerprint density at radius 2 is 2.00 bits per heavy atom. The van der Waals surface area contributed by atoms with E-state index in [1.54, 1.807) is 0 Å². The number of anilines is 2. The van der Waals surface area contributed by atoms with E-state index in [0.29, 0.717) is 6.61 Å². The molecular formula is C23H22N4O2. The Morgan fingerprint density at radius 1 is 1.14 bits per heavy atom. The van der Waals surface area contributed by atoms with E-state index in [0.717, 1.165) is 50.8 Å². The number of rotatable bonds is 3. The molecule has 146 valence electrons. The zero-order chi connectivity index (χ0) is 20.0. The van der Waals surface area contributed by atoms with Crippen molar-refractivity contribution in [3.63, 3.8) is 0 Å². The number of hydrogen-bond acceptors (Lipinski definition) is 5. The second-order valence-electron chi connectivity index (χ2n) is 7.42. The van der Waals surface area contributed by atoms with Gasteiger partial charge in [-0.25, -0.2) is 9.97 Å². The number of imidazole rings is 1. The second-order valence-corrected chi connectivity index (χ2v) is 7.42. The molecule has 6 nitrogen and oxygen atoms in total. The Kier molecular flexibility index (Phi) is 4.21. The van der Waals surface area contributed by atoms with Gasteiger partial charge in [0.25, 0.3) is 0 Å². The average molecular weight is 386 g/mol. The fourth-order valence-corrected chi connectivity index (χ4v) is 3.85. The lowest BCUT2D eigenvalue weighted by molar-refractivity contribution is 0.195. The largest absolute Gasteiger partial charge is 0.488 e. The van der Waals surface area contributed by atoms with Crippen molar-refractivity contribution in [2.45, 2.75) is 19.9 Å². The van der Waals surface area contributed by atoms with Gasteiger partial charge in [-0.2, -0.15) is 0 Å². The quantitative estimate of drug-likeness (QED) is 0.554. The number of hydrogen-bond donors (Lipinski definition) is 2. The molecule has 0 aliphatic carbocycles. The number of aromatic amines is 1. The van der Waals surface area contributed by atoms with Crippen molar-refractivity contribution in [1.82, 2.24) is 15.0 Å². The van der Waals surface area contributed by atoms with Crippen LogP contribution in [-0.2, 0) is 0 Å². The molecule has 2 N–H and O–H groups in total. The predicted octanol–water partition coefficient (Wildman–Crippen LogP) is 4.13. The number of fused-ring (bicyclic) bond motifs is 2. The van der Waals surface area contributed by atoms with Crippen LogP contribution in [0.2, 0.25) is 0 Å². The maximum atomic E-state index is 9.95. The number of para-hydroxylation sites is 2. The topological polar surface area (TPSA) is 74.3 Å². The molecule has 29 heavy (non-hydrogen) atoms. The minimum absolute atomic E-state index is 0.0247. The fraction of sp³-hybridized carbons (Fsp3) is 0.217. The SMILES string of the molecule is Cc1ccc(N2c3cccc(-c4nc5c(C)cccc5[nH]4)c3OC[C@@H]2CO)nc1. The molecule has 0 spiro atoms. The maximum Gasteiger partial charge on any atom is 0.154 e. The van der Waals surface area contributed by atoms with Crippen molar-refractivity contribution in [2.75, 3.05) is 18.1 Å². The van der Waals surface area contributed by atoms with Crippen molar-refractivity contribution >= 4 is 22.5 Å². The summed E-state index contributed by atoms with van der Waals surface area (Å²) in [6.07, 6.45) is 1.84. The summed E-state index contributed by atoms with van der Waals surface area (Å²) in [4.78, 5) is 14.9. The molecule has 1 aliphatic rings. The highest BCUT2D eigenvalue weighted by Crippen LogP contribution is 2.44. The smallest absolute Gasteiger partial charge is 0.154 e. The molecular weight excluding hydrogens is 364 g/mol. The third-order valence-corrected chi connectivity index (χ3v) is 5.36. The number of H-pyrrole nitrogens is 1. The zero-order valence-electron chi connectivity index (χ0n) is 16.4. The van der Waals surface area contributed by atoms with Gasteiger partial charge in [-0.1, -0.05) is 24.3 Å². The van der Waals surface area contributed by atoms with Crippen molar-refractivity contribution in [2.24, 2.45) is 0 Å². The Balaban J connectivity index is 1.66. The first kappa shape index (κ1) is 17.7. The molecule has 2 aromatic heterocycles. The Labute approximate surface area is 168 Å². The van der Waals surface area contributed by atoms with Gasteiger partial charge in [0, 0.05) is 6.20 Å². The van der Waals surface area contributed by atoms with E-state index in [2.05, 4.69) is 27.9 Å². The van der Waals surface area contributed by atoms with Crippen molar-refractivity contribution < 1.29 is 9.84 Å². The van der Waals surface area contributed by atoms with Crippen LogP contribution in [0, 0.1) is 13.8 Å². The highest BCUT2D eigenvalue weighted by molar-refractivity contribution is 5.86. The molecule has 0 saturated heterocycles. The molecule has 0 unspecified atom stereocenters. The molecule has 0 saturated carbocycles. The molecule has 4 aromatic rings. The van der Waals surface area contributed by atoms with Gasteiger partial charge < -0.3 is 19.7 Å². The summed E-state index contributed by atoms with van der Waals surface area (Å²) in [6.45, 7) is 4.41. The molecule has 0 amide bonds. The van der Waals surface area contributed by atoms with Gasteiger partial charge in [-0.05, 0) is 49.2 Å². The highest BCUT2D eigenvalue weighted by Gasteiger charge is 2.31. The fourth-order valence-electron chi connectivity index (χ4n) is 3.85. The van der Waals surface area contributed by atoms with Gasteiger partial charge in [0.2, 0.25) is 0 Å². The Hall–Kier alpha value is -3.38. The van der Waals surface area contributed by atoms with Gasteiger partial charge in [0.1, 0.15) is 18.2 Å². The summed E-state index contributed by atoms with van der Waals surface area (Å²) in [5.74, 6) is 2.30. The van der Waals surface area contributed by atoms with E-state index in [1.165, 1.54) is 0 Å². The van der Waals surface area contributed by atoms with Gasteiger partial charge in [-0.15, -0.1) is 0 Å². The number of aromatic nitrogens is 3. The average Bonchev–Trinajstić information content (AvgIpc) is 3.19. The number of aryl methyl sites for hydroxylation is 2. The first-order valence-electron chi connectivity index (χ1n) is 9.70. The zero-order valence-corrected chi connectivity index (χ0v) is 16.4. The standard InChI is InChI=1S/C23H22N4O2/c1-14-9-10-20(24-11-14)27-16(12-28)13-29-22-17(6-4-8-19(22)27)23-25-18-7-3-5-15(2)21(18)26-23/h3-11,16,28H,12-13H2,1-2H3,(H,25,26)/t16-/m0/s1. The molecule has 6 heteroatoms. The lowest BCUT2D eigenvalue weighted by Gasteiger charge is -2.37. The lowest BCUT2D eigenvalue weighted by atomic mass is 10.1.